The lowest BCUT2D eigenvalue weighted by atomic mass is 9.93. The minimum absolute atomic E-state index is 0.0911. The van der Waals surface area contributed by atoms with Crippen LogP contribution in [0.1, 0.15) is 45.4 Å². The monoisotopic (exact) mass is 562 g/mol. The molecule has 3 aliphatic rings. The van der Waals surface area contributed by atoms with Crippen molar-refractivity contribution in [1.29, 1.82) is 0 Å². The van der Waals surface area contributed by atoms with Gasteiger partial charge in [-0.15, -0.1) is 0 Å². The van der Waals surface area contributed by atoms with Gasteiger partial charge in [-0.2, -0.15) is 9.97 Å². The van der Waals surface area contributed by atoms with Crippen LogP contribution in [0, 0.1) is 17.8 Å². The predicted octanol–water partition coefficient (Wildman–Crippen LogP) is 3.56. The van der Waals surface area contributed by atoms with E-state index in [9.17, 15) is 14.4 Å². The van der Waals surface area contributed by atoms with Crippen LogP contribution in [0.5, 0.6) is 11.8 Å². The Labute approximate surface area is 240 Å². The smallest absolute Gasteiger partial charge is 0.332 e. The van der Waals surface area contributed by atoms with Crippen molar-refractivity contribution in [3.63, 3.8) is 0 Å². The van der Waals surface area contributed by atoms with E-state index in [0.717, 1.165) is 24.8 Å². The summed E-state index contributed by atoms with van der Waals surface area (Å²) in [6, 6.07) is 11.1. The number of hydrogen-bond donors (Lipinski definition) is 1. The van der Waals surface area contributed by atoms with Crippen LogP contribution < -0.4 is 14.8 Å². The van der Waals surface area contributed by atoms with Crippen LogP contribution in [0.3, 0.4) is 0 Å². The Kier molecular flexibility index (Phi) is 8.56. The molecule has 0 spiro atoms. The lowest BCUT2D eigenvalue weighted by Gasteiger charge is -2.26. The predicted molar refractivity (Wildman–Crippen MR) is 151 cm³/mol. The molecule has 2 heterocycles. The zero-order valence-corrected chi connectivity index (χ0v) is 23.9. The lowest BCUT2D eigenvalue weighted by Crippen LogP contribution is -2.50. The molecule has 2 amide bonds. The molecule has 1 aromatic carbocycles. The van der Waals surface area contributed by atoms with Crippen molar-refractivity contribution in [1.82, 2.24) is 20.2 Å². The van der Waals surface area contributed by atoms with Gasteiger partial charge in [-0.3, -0.25) is 9.59 Å². The van der Waals surface area contributed by atoms with E-state index in [1.54, 1.807) is 24.9 Å². The van der Waals surface area contributed by atoms with E-state index in [0.29, 0.717) is 43.4 Å². The highest BCUT2D eigenvalue weighted by molar-refractivity contribution is 5.95. The summed E-state index contributed by atoms with van der Waals surface area (Å²) in [7, 11) is 3.31. The van der Waals surface area contributed by atoms with E-state index in [1.807, 2.05) is 36.4 Å². The van der Waals surface area contributed by atoms with Gasteiger partial charge < -0.3 is 24.4 Å². The third-order valence-corrected chi connectivity index (χ3v) is 8.24. The van der Waals surface area contributed by atoms with Gasteiger partial charge in [0.1, 0.15) is 11.6 Å². The van der Waals surface area contributed by atoms with Gasteiger partial charge in [0.15, 0.2) is 5.82 Å². The topological polar surface area (TPSA) is 120 Å². The molecule has 0 radical (unpaired) electrons. The first-order chi connectivity index (χ1) is 19.8. The molecule has 218 valence electrons. The van der Waals surface area contributed by atoms with E-state index in [2.05, 4.69) is 21.4 Å². The largest absolute Gasteiger partial charge is 0.481 e. The van der Waals surface area contributed by atoms with Crippen molar-refractivity contribution in [3.05, 3.63) is 48.6 Å². The number of rotatable bonds is 6. The Morgan fingerprint density at radius 1 is 1.10 bits per heavy atom. The maximum absolute atomic E-state index is 13.8. The first kappa shape index (κ1) is 28.6. The number of ether oxygens (including phenoxy) is 3. The van der Waals surface area contributed by atoms with E-state index in [-0.39, 0.29) is 24.3 Å². The zero-order chi connectivity index (χ0) is 29.0. The Balaban J connectivity index is 1.40. The molecular weight excluding hydrogens is 524 g/mol. The summed E-state index contributed by atoms with van der Waals surface area (Å²) < 4.78 is 17.0. The molecule has 0 saturated heterocycles. The number of nitrogens with zero attached hydrogens (tertiary/aromatic N) is 3. The van der Waals surface area contributed by atoms with Gasteiger partial charge in [0.25, 0.3) is 0 Å². The SMILES string of the molecule is CCOC(=O)[C@@]12C[C@@H]1/C=C\CCCCN(C)C(=O)[C@@H]1C[C@H](Oc3cc(OC)nc(-c4ccccc4)n3)C[C@H]1C(=O)N2. The molecule has 41 heavy (non-hydrogen) atoms. The Bertz CT molecular complexity index is 1300. The highest BCUT2D eigenvalue weighted by Crippen LogP contribution is 2.47. The summed E-state index contributed by atoms with van der Waals surface area (Å²) in [4.78, 5) is 51.1. The van der Waals surface area contributed by atoms with Gasteiger partial charge in [-0.05, 0) is 45.4 Å². The molecule has 0 unspecified atom stereocenters. The average Bonchev–Trinajstić information content (AvgIpc) is 3.51. The number of aromatic nitrogens is 2. The number of benzene rings is 1. The van der Waals surface area contributed by atoms with E-state index in [4.69, 9.17) is 14.2 Å². The fraction of sp³-hybridized carbons (Fsp3) is 0.516. The van der Waals surface area contributed by atoms with Crippen molar-refractivity contribution >= 4 is 17.8 Å². The van der Waals surface area contributed by atoms with Crippen molar-refractivity contribution in [2.45, 2.75) is 57.1 Å². The average molecular weight is 563 g/mol. The highest BCUT2D eigenvalue weighted by Gasteiger charge is 2.62. The quantitative estimate of drug-likeness (QED) is 0.419. The second-order valence-corrected chi connectivity index (χ2v) is 11.0. The molecule has 1 N–H and O–H groups in total. The number of nitrogens with one attached hydrogen (secondary N) is 1. The molecule has 2 fully saturated rings. The summed E-state index contributed by atoms with van der Waals surface area (Å²) >= 11 is 0. The molecular formula is C31H38N4O6. The van der Waals surface area contributed by atoms with E-state index < -0.39 is 29.4 Å². The first-order valence-corrected chi connectivity index (χ1v) is 14.4. The summed E-state index contributed by atoms with van der Waals surface area (Å²) in [5.74, 6) is -1.10. The van der Waals surface area contributed by atoms with Gasteiger partial charge in [-0.1, -0.05) is 42.5 Å². The molecule has 2 aliphatic carbocycles. The fourth-order valence-corrected chi connectivity index (χ4v) is 5.89. The third-order valence-electron chi connectivity index (χ3n) is 8.24. The number of methoxy groups -OCH3 is 1. The van der Waals surface area contributed by atoms with Crippen molar-refractivity contribution in [2.24, 2.45) is 17.8 Å². The maximum Gasteiger partial charge on any atom is 0.332 e. The molecule has 5 atom stereocenters. The minimum atomic E-state index is -1.09. The molecule has 1 aliphatic heterocycles. The van der Waals surface area contributed by atoms with Crippen LogP contribution in [-0.2, 0) is 19.1 Å². The number of hydrogen-bond acceptors (Lipinski definition) is 8. The third kappa shape index (κ3) is 6.21. The first-order valence-electron chi connectivity index (χ1n) is 14.4. The number of allylic oxidation sites excluding steroid dienone is 1. The Hall–Kier alpha value is -3.95. The van der Waals surface area contributed by atoms with Crippen molar-refractivity contribution in [3.8, 4) is 23.1 Å². The number of fused-ring (bicyclic) bond motifs is 2. The second-order valence-electron chi connectivity index (χ2n) is 11.0. The summed E-state index contributed by atoms with van der Waals surface area (Å²) in [5, 5.41) is 3.01. The van der Waals surface area contributed by atoms with Crippen LogP contribution in [0.25, 0.3) is 11.4 Å². The normalized spacial score (nSPS) is 28.9. The maximum atomic E-state index is 13.8. The van der Waals surface area contributed by atoms with E-state index in [1.165, 1.54) is 7.11 Å². The summed E-state index contributed by atoms with van der Waals surface area (Å²) in [6.07, 6.45) is 7.41. The van der Waals surface area contributed by atoms with Crippen LogP contribution in [-0.4, -0.2) is 71.6 Å². The van der Waals surface area contributed by atoms with Gasteiger partial charge in [0.05, 0.1) is 31.6 Å². The van der Waals surface area contributed by atoms with Crippen LogP contribution in [0.2, 0.25) is 0 Å². The number of amides is 2. The number of esters is 1. The highest BCUT2D eigenvalue weighted by atomic mass is 16.5. The molecule has 0 bridgehead atoms. The van der Waals surface area contributed by atoms with Gasteiger partial charge in [-0.25, -0.2) is 4.79 Å². The van der Waals surface area contributed by atoms with Gasteiger partial charge in [0, 0.05) is 25.1 Å². The van der Waals surface area contributed by atoms with Crippen LogP contribution >= 0.6 is 0 Å². The zero-order valence-electron chi connectivity index (χ0n) is 23.9. The standard InChI is InChI=1S/C31H38N4O6/c1-4-40-30(38)31-19-21(31)14-10-5-6-11-15-35(2)29(37)24-17-22(16-23(24)28(36)34-31)41-26-18-25(39-3)32-27(33-26)20-12-8-7-9-13-20/h7-10,12-14,18,21-24H,4-6,11,15-17,19H2,1-3H3,(H,34,36)/b14-10-/t21-,22+,23+,24+,31+/m0/s1. The fourth-order valence-electron chi connectivity index (χ4n) is 5.89. The van der Waals surface area contributed by atoms with E-state index >= 15 is 0 Å². The Morgan fingerprint density at radius 3 is 2.61 bits per heavy atom. The minimum Gasteiger partial charge on any atom is -0.481 e. The number of carbonyl (C=O) groups is 3. The molecule has 10 heteroatoms. The molecule has 5 rings (SSSR count). The van der Waals surface area contributed by atoms with Crippen LogP contribution in [0.15, 0.2) is 48.6 Å². The van der Waals surface area contributed by atoms with Crippen molar-refractivity contribution < 1.29 is 28.6 Å². The number of carbonyl (C=O) groups excluding carboxylic acids is 3. The summed E-state index contributed by atoms with van der Waals surface area (Å²) in [5.41, 5.74) is -0.277. The Morgan fingerprint density at radius 2 is 1.85 bits per heavy atom. The summed E-state index contributed by atoms with van der Waals surface area (Å²) in [6.45, 7) is 2.59. The molecule has 2 aromatic rings. The van der Waals surface area contributed by atoms with Gasteiger partial charge >= 0.3 is 5.97 Å². The molecule has 1 aromatic heterocycles. The van der Waals surface area contributed by atoms with Crippen LogP contribution in [0.4, 0.5) is 0 Å². The van der Waals surface area contributed by atoms with Crippen molar-refractivity contribution in [2.75, 3.05) is 27.3 Å². The molecule has 2 saturated carbocycles. The van der Waals surface area contributed by atoms with Gasteiger partial charge in [0.2, 0.25) is 23.6 Å². The lowest BCUT2D eigenvalue weighted by molar-refractivity contribution is -0.150. The molecule has 10 nitrogen and oxygen atoms in total. The second kappa shape index (κ2) is 12.3.